The van der Waals surface area contributed by atoms with Crippen LogP contribution in [0.25, 0.3) is 0 Å². The van der Waals surface area contributed by atoms with Crippen LogP contribution in [0.15, 0.2) is 29.3 Å². The minimum Gasteiger partial charge on any atom is -0.493 e. The molecule has 0 spiro atoms. The number of carbonyl (C=O) groups is 1. The van der Waals surface area contributed by atoms with Crippen molar-refractivity contribution in [3.63, 3.8) is 0 Å². The summed E-state index contributed by atoms with van der Waals surface area (Å²) in [6.45, 7) is 1.43. The van der Waals surface area contributed by atoms with E-state index in [2.05, 4.69) is 27.0 Å². The Morgan fingerprint density at radius 2 is 2.04 bits per heavy atom. The fraction of sp³-hybridized carbons (Fsp3) is 0.556. The van der Waals surface area contributed by atoms with E-state index in [4.69, 9.17) is 4.74 Å². The van der Waals surface area contributed by atoms with E-state index in [1.165, 1.54) is 0 Å². The van der Waals surface area contributed by atoms with E-state index in [-0.39, 0.29) is 35.9 Å². The third-order valence-electron chi connectivity index (χ3n) is 4.31. The third-order valence-corrected chi connectivity index (χ3v) is 4.31. The van der Waals surface area contributed by atoms with Gasteiger partial charge in [0.25, 0.3) is 0 Å². The van der Waals surface area contributed by atoms with Gasteiger partial charge in [0.2, 0.25) is 5.91 Å². The Morgan fingerprint density at radius 1 is 1.24 bits per heavy atom. The number of nitrogens with zero attached hydrogens (tertiary/aromatic N) is 1. The molecule has 25 heavy (non-hydrogen) atoms. The molecular weight excluding hydrogens is 431 g/mol. The van der Waals surface area contributed by atoms with Crippen molar-refractivity contribution >= 4 is 35.8 Å². The van der Waals surface area contributed by atoms with Gasteiger partial charge in [-0.15, -0.1) is 24.0 Å². The van der Waals surface area contributed by atoms with Crippen LogP contribution in [0.2, 0.25) is 0 Å². The molecule has 2 aliphatic rings. The summed E-state index contributed by atoms with van der Waals surface area (Å²) in [6, 6.07) is 8.73. The average molecular weight is 458 g/mol. The molecule has 0 saturated heterocycles. The summed E-state index contributed by atoms with van der Waals surface area (Å²) in [5, 5.41) is 9.75. The van der Waals surface area contributed by atoms with Gasteiger partial charge in [-0.25, -0.2) is 0 Å². The van der Waals surface area contributed by atoms with Gasteiger partial charge in [-0.3, -0.25) is 9.79 Å². The molecule has 1 aliphatic carbocycles. The fourth-order valence-corrected chi connectivity index (χ4v) is 2.83. The molecule has 1 aromatic rings. The lowest BCUT2D eigenvalue weighted by atomic mass is 10.0. The number of fused-ring (bicyclic) bond motifs is 1. The first-order valence-corrected chi connectivity index (χ1v) is 8.74. The van der Waals surface area contributed by atoms with Gasteiger partial charge in [-0.05, 0) is 25.3 Å². The molecule has 0 radical (unpaired) electrons. The van der Waals surface area contributed by atoms with Crippen molar-refractivity contribution in [1.82, 2.24) is 16.0 Å². The van der Waals surface area contributed by atoms with Crippen LogP contribution in [-0.4, -0.2) is 38.1 Å². The highest BCUT2D eigenvalue weighted by Gasteiger charge is 2.23. The Bertz CT molecular complexity index is 604. The highest BCUT2D eigenvalue weighted by molar-refractivity contribution is 14.0. The van der Waals surface area contributed by atoms with Crippen LogP contribution in [0.1, 0.15) is 43.7 Å². The van der Waals surface area contributed by atoms with Gasteiger partial charge in [-0.1, -0.05) is 18.2 Å². The highest BCUT2D eigenvalue weighted by Crippen LogP contribution is 2.31. The molecule has 1 atom stereocenters. The first-order chi connectivity index (χ1) is 11.8. The van der Waals surface area contributed by atoms with Crippen molar-refractivity contribution < 1.29 is 9.53 Å². The van der Waals surface area contributed by atoms with E-state index in [0.29, 0.717) is 19.1 Å². The monoisotopic (exact) mass is 458 g/mol. The zero-order valence-electron chi connectivity index (χ0n) is 14.6. The van der Waals surface area contributed by atoms with E-state index in [0.717, 1.165) is 49.5 Å². The quantitative estimate of drug-likeness (QED) is 0.265. The van der Waals surface area contributed by atoms with Gasteiger partial charge in [0, 0.05) is 38.0 Å². The number of hydrogen-bond acceptors (Lipinski definition) is 3. The molecule has 0 aromatic heterocycles. The standard InChI is InChI=1S/C18H26N4O2.HI/c1-19-18(20-11-4-7-17(23)21-13-8-9-13)22-15-10-12-24-16-6-3-2-5-14(15)16;/h2-3,5-6,13,15H,4,7-12H2,1H3,(H,21,23)(H2,19,20,22);1H. The number of nitrogens with one attached hydrogen (secondary N) is 3. The molecule has 138 valence electrons. The third kappa shape index (κ3) is 6.05. The molecule has 1 amide bonds. The summed E-state index contributed by atoms with van der Waals surface area (Å²) < 4.78 is 5.69. The summed E-state index contributed by atoms with van der Waals surface area (Å²) in [4.78, 5) is 15.9. The van der Waals surface area contributed by atoms with Crippen LogP contribution < -0.4 is 20.7 Å². The van der Waals surface area contributed by atoms with Gasteiger partial charge in [0.15, 0.2) is 5.96 Å². The van der Waals surface area contributed by atoms with E-state index in [1.807, 2.05) is 18.2 Å². The molecule has 1 fully saturated rings. The SMILES string of the molecule is CN=C(NCCCC(=O)NC1CC1)NC1CCOc2ccccc21.I. The average Bonchev–Trinajstić information content (AvgIpc) is 3.41. The van der Waals surface area contributed by atoms with Gasteiger partial charge >= 0.3 is 0 Å². The lowest BCUT2D eigenvalue weighted by molar-refractivity contribution is -0.121. The number of ether oxygens (including phenoxy) is 1. The molecule has 3 rings (SSSR count). The number of aliphatic imine (C=N–C) groups is 1. The van der Waals surface area contributed by atoms with Crippen LogP contribution in [-0.2, 0) is 4.79 Å². The molecular formula is C18H27IN4O2. The zero-order valence-corrected chi connectivity index (χ0v) is 16.9. The topological polar surface area (TPSA) is 74.8 Å². The fourth-order valence-electron chi connectivity index (χ4n) is 2.83. The number of rotatable bonds is 6. The van der Waals surface area contributed by atoms with Crippen LogP contribution in [0.5, 0.6) is 5.75 Å². The van der Waals surface area contributed by atoms with E-state index < -0.39 is 0 Å². The predicted octanol–water partition coefficient (Wildman–Crippen LogP) is 2.35. The second-order valence-corrected chi connectivity index (χ2v) is 6.32. The second kappa shape index (κ2) is 9.84. The second-order valence-electron chi connectivity index (χ2n) is 6.32. The Kier molecular flexibility index (Phi) is 7.80. The van der Waals surface area contributed by atoms with E-state index in [9.17, 15) is 4.79 Å². The van der Waals surface area contributed by atoms with Crippen molar-refractivity contribution in [2.24, 2.45) is 4.99 Å². The van der Waals surface area contributed by atoms with Gasteiger partial charge in [0.05, 0.1) is 12.6 Å². The number of carbonyl (C=O) groups excluding carboxylic acids is 1. The van der Waals surface area contributed by atoms with Gasteiger partial charge in [0.1, 0.15) is 5.75 Å². The number of para-hydroxylation sites is 1. The van der Waals surface area contributed by atoms with Crippen molar-refractivity contribution in [3.05, 3.63) is 29.8 Å². The first-order valence-electron chi connectivity index (χ1n) is 8.74. The number of guanidine groups is 1. The molecule has 1 aromatic carbocycles. The molecule has 0 bridgehead atoms. The maximum Gasteiger partial charge on any atom is 0.220 e. The zero-order chi connectivity index (χ0) is 16.8. The Hall–Kier alpha value is -1.51. The lowest BCUT2D eigenvalue weighted by Crippen LogP contribution is -2.41. The maximum atomic E-state index is 11.7. The predicted molar refractivity (Wildman–Crippen MR) is 110 cm³/mol. The normalized spacial score (nSPS) is 19.1. The summed E-state index contributed by atoms with van der Waals surface area (Å²) in [7, 11) is 1.76. The lowest BCUT2D eigenvalue weighted by Gasteiger charge is -2.28. The Balaban J connectivity index is 0.00000225. The smallest absolute Gasteiger partial charge is 0.220 e. The molecule has 7 heteroatoms. The summed E-state index contributed by atoms with van der Waals surface area (Å²) in [6.07, 6.45) is 4.52. The number of hydrogen-bond donors (Lipinski definition) is 3. The van der Waals surface area contributed by atoms with Crippen LogP contribution in [0, 0.1) is 0 Å². The van der Waals surface area contributed by atoms with Crippen molar-refractivity contribution in [2.45, 2.75) is 44.2 Å². The number of amides is 1. The van der Waals surface area contributed by atoms with E-state index in [1.54, 1.807) is 7.05 Å². The summed E-state index contributed by atoms with van der Waals surface area (Å²) in [5.41, 5.74) is 1.16. The largest absolute Gasteiger partial charge is 0.493 e. The number of halogens is 1. The molecule has 3 N–H and O–H groups in total. The van der Waals surface area contributed by atoms with Gasteiger partial charge in [-0.2, -0.15) is 0 Å². The molecule has 1 heterocycles. The molecule has 1 unspecified atom stereocenters. The van der Waals surface area contributed by atoms with Crippen molar-refractivity contribution in [1.29, 1.82) is 0 Å². The molecule has 1 saturated carbocycles. The number of benzene rings is 1. The minimum atomic E-state index is 0. The molecule has 1 aliphatic heterocycles. The van der Waals surface area contributed by atoms with E-state index >= 15 is 0 Å². The van der Waals surface area contributed by atoms with Crippen LogP contribution in [0.3, 0.4) is 0 Å². The van der Waals surface area contributed by atoms with Crippen LogP contribution in [0.4, 0.5) is 0 Å². The molecule has 6 nitrogen and oxygen atoms in total. The van der Waals surface area contributed by atoms with Gasteiger partial charge < -0.3 is 20.7 Å². The Labute approximate surface area is 166 Å². The summed E-state index contributed by atoms with van der Waals surface area (Å²) in [5.74, 6) is 1.85. The highest BCUT2D eigenvalue weighted by atomic mass is 127. The van der Waals surface area contributed by atoms with Crippen molar-refractivity contribution in [2.75, 3.05) is 20.2 Å². The summed E-state index contributed by atoms with van der Waals surface area (Å²) >= 11 is 0. The minimum absolute atomic E-state index is 0. The Morgan fingerprint density at radius 3 is 2.80 bits per heavy atom. The van der Waals surface area contributed by atoms with Crippen LogP contribution >= 0.6 is 24.0 Å². The van der Waals surface area contributed by atoms with Crippen molar-refractivity contribution in [3.8, 4) is 5.75 Å². The maximum absolute atomic E-state index is 11.7. The first kappa shape index (κ1) is 19.8.